The summed E-state index contributed by atoms with van der Waals surface area (Å²) in [5.41, 5.74) is 2.28. The molecule has 0 aliphatic carbocycles. The Morgan fingerprint density at radius 3 is 2.68 bits per heavy atom. The third kappa shape index (κ3) is 5.05. The van der Waals surface area contributed by atoms with Crippen LogP contribution >= 0.6 is 0 Å². The Morgan fingerprint density at radius 1 is 1.08 bits per heavy atom. The van der Waals surface area contributed by atoms with E-state index in [0.29, 0.717) is 13.0 Å². The zero-order valence-corrected chi connectivity index (χ0v) is 14.1. The Labute approximate surface area is 147 Å². The molecule has 4 nitrogen and oxygen atoms in total. The highest BCUT2D eigenvalue weighted by Gasteiger charge is 2.20. The van der Waals surface area contributed by atoms with E-state index in [2.05, 4.69) is 16.4 Å². The van der Waals surface area contributed by atoms with Gasteiger partial charge in [-0.1, -0.05) is 36.4 Å². The van der Waals surface area contributed by atoms with Crippen LogP contribution in [0.15, 0.2) is 77.7 Å². The lowest BCUT2D eigenvalue weighted by Gasteiger charge is -2.15. The fourth-order valence-electron chi connectivity index (χ4n) is 2.88. The van der Waals surface area contributed by atoms with Gasteiger partial charge in [0.2, 0.25) is 5.91 Å². The van der Waals surface area contributed by atoms with Gasteiger partial charge in [-0.2, -0.15) is 0 Å². The second kappa shape index (κ2) is 8.83. The van der Waals surface area contributed by atoms with E-state index in [1.165, 1.54) is 5.56 Å². The summed E-state index contributed by atoms with van der Waals surface area (Å²) in [6.45, 7) is 0.660. The maximum absolute atomic E-state index is 12.4. The first kappa shape index (κ1) is 17.0. The quantitative estimate of drug-likeness (QED) is 0.635. The molecule has 0 aliphatic heterocycles. The second-order valence-corrected chi connectivity index (χ2v) is 6.00. The number of hydrogen-bond acceptors (Lipinski definition) is 3. The van der Waals surface area contributed by atoms with Crippen molar-refractivity contribution in [2.45, 2.75) is 25.2 Å². The van der Waals surface area contributed by atoms with Gasteiger partial charge in [0, 0.05) is 25.4 Å². The minimum Gasteiger partial charge on any atom is -0.469 e. The van der Waals surface area contributed by atoms with Crippen molar-refractivity contribution in [3.8, 4) is 0 Å². The molecule has 2 aromatic heterocycles. The van der Waals surface area contributed by atoms with Crippen LogP contribution in [0.4, 0.5) is 0 Å². The number of pyridine rings is 1. The van der Waals surface area contributed by atoms with Gasteiger partial charge >= 0.3 is 0 Å². The normalized spacial score (nSPS) is 11.8. The standard InChI is InChI=1S/C21H22N2O2/c24-21(23-13-5-8-17-7-4-12-22-16-17)15-19(20-11-6-14-25-20)18-9-2-1-3-10-18/h1-4,6-7,9-12,14,16,19H,5,8,13,15H2,(H,23,24). The number of benzene rings is 1. The summed E-state index contributed by atoms with van der Waals surface area (Å²) in [6.07, 6.45) is 7.47. The zero-order valence-electron chi connectivity index (χ0n) is 14.1. The largest absolute Gasteiger partial charge is 0.469 e. The van der Waals surface area contributed by atoms with Crippen LogP contribution in [0.25, 0.3) is 0 Å². The number of aromatic nitrogens is 1. The minimum absolute atomic E-state index is 0.0384. The van der Waals surface area contributed by atoms with Crippen LogP contribution in [0.2, 0.25) is 0 Å². The van der Waals surface area contributed by atoms with Crippen molar-refractivity contribution in [1.82, 2.24) is 10.3 Å². The molecule has 4 heteroatoms. The third-order valence-corrected chi connectivity index (χ3v) is 4.17. The van der Waals surface area contributed by atoms with Crippen LogP contribution in [-0.4, -0.2) is 17.4 Å². The van der Waals surface area contributed by atoms with Gasteiger partial charge in [-0.25, -0.2) is 0 Å². The molecule has 25 heavy (non-hydrogen) atoms. The van der Waals surface area contributed by atoms with Gasteiger partial charge in [0.15, 0.2) is 0 Å². The molecule has 128 valence electrons. The second-order valence-electron chi connectivity index (χ2n) is 6.00. The van der Waals surface area contributed by atoms with Gasteiger partial charge in [-0.15, -0.1) is 0 Å². The van der Waals surface area contributed by atoms with E-state index in [0.717, 1.165) is 24.2 Å². The molecule has 0 aliphatic rings. The number of rotatable bonds is 8. The lowest BCUT2D eigenvalue weighted by molar-refractivity contribution is -0.121. The predicted molar refractivity (Wildman–Crippen MR) is 97.2 cm³/mol. The maximum atomic E-state index is 12.4. The highest BCUT2D eigenvalue weighted by Crippen LogP contribution is 2.28. The molecule has 1 aromatic carbocycles. The lowest BCUT2D eigenvalue weighted by Crippen LogP contribution is -2.26. The molecule has 2 heterocycles. The molecule has 0 fully saturated rings. The van der Waals surface area contributed by atoms with Crippen LogP contribution in [0.3, 0.4) is 0 Å². The van der Waals surface area contributed by atoms with Gasteiger partial charge in [0.1, 0.15) is 5.76 Å². The van der Waals surface area contributed by atoms with Crippen LogP contribution in [-0.2, 0) is 11.2 Å². The molecular weight excluding hydrogens is 312 g/mol. The number of nitrogens with one attached hydrogen (secondary N) is 1. The first-order valence-corrected chi connectivity index (χ1v) is 8.57. The molecule has 0 radical (unpaired) electrons. The highest BCUT2D eigenvalue weighted by molar-refractivity contribution is 5.77. The topological polar surface area (TPSA) is 55.1 Å². The van der Waals surface area contributed by atoms with Crippen molar-refractivity contribution < 1.29 is 9.21 Å². The molecule has 0 bridgehead atoms. The summed E-state index contributed by atoms with van der Waals surface area (Å²) in [6, 6.07) is 17.8. The fraction of sp³-hybridized carbons (Fsp3) is 0.238. The molecule has 1 atom stereocenters. The van der Waals surface area contributed by atoms with Crippen LogP contribution < -0.4 is 5.32 Å². The van der Waals surface area contributed by atoms with Gasteiger partial charge in [0.25, 0.3) is 0 Å². The molecule has 0 saturated carbocycles. The average molecular weight is 334 g/mol. The Morgan fingerprint density at radius 2 is 1.96 bits per heavy atom. The molecule has 1 N–H and O–H groups in total. The summed E-state index contributed by atoms with van der Waals surface area (Å²) >= 11 is 0. The van der Waals surface area contributed by atoms with Gasteiger partial charge in [-0.3, -0.25) is 9.78 Å². The molecular formula is C21H22N2O2. The number of amides is 1. The zero-order chi connectivity index (χ0) is 17.3. The minimum atomic E-state index is -0.0606. The van der Waals surface area contributed by atoms with Crippen LogP contribution in [0.5, 0.6) is 0 Å². The summed E-state index contributed by atoms with van der Waals surface area (Å²) in [5, 5.41) is 3.01. The van der Waals surface area contributed by atoms with Crippen molar-refractivity contribution in [2.75, 3.05) is 6.54 Å². The molecule has 3 aromatic rings. The summed E-state index contributed by atoms with van der Waals surface area (Å²) < 4.78 is 5.55. The number of furan rings is 1. The van der Waals surface area contributed by atoms with E-state index in [9.17, 15) is 4.79 Å². The summed E-state index contributed by atoms with van der Waals surface area (Å²) in [7, 11) is 0. The van der Waals surface area contributed by atoms with Crippen LogP contribution in [0, 0.1) is 0 Å². The van der Waals surface area contributed by atoms with Crippen LogP contribution in [0.1, 0.15) is 35.6 Å². The number of hydrogen-bond donors (Lipinski definition) is 1. The van der Waals surface area contributed by atoms with Crippen molar-refractivity contribution in [3.63, 3.8) is 0 Å². The van der Waals surface area contributed by atoms with Crippen molar-refractivity contribution in [3.05, 3.63) is 90.1 Å². The Bertz CT molecular complexity index is 755. The number of carbonyl (C=O) groups excluding carboxylic acids is 1. The lowest BCUT2D eigenvalue weighted by atomic mass is 9.93. The molecule has 1 unspecified atom stereocenters. The van der Waals surface area contributed by atoms with E-state index in [4.69, 9.17) is 4.42 Å². The first-order valence-electron chi connectivity index (χ1n) is 8.57. The molecule has 0 saturated heterocycles. The monoisotopic (exact) mass is 334 g/mol. The first-order chi connectivity index (χ1) is 12.3. The Hall–Kier alpha value is -2.88. The third-order valence-electron chi connectivity index (χ3n) is 4.17. The number of nitrogens with zero attached hydrogens (tertiary/aromatic N) is 1. The fourth-order valence-corrected chi connectivity index (χ4v) is 2.88. The number of aryl methyl sites for hydroxylation is 1. The highest BCUT2D eigenvalue weighted by atomic mass is 16.3. The smallest absolute Gasteiger partial charge is 0.221 e. The summed E-state index contributed by atoms with van der Waals surface area (Å²) in [5.74, 6) is 0.794. The van der Waals surface area contributed by atoms with E-state index in [1.54, 1.807) is 12.5 Å². The van der Waals surface area contributed by atoms with Crippen molar-refractivity contribution >= 4 is 5.91 Å². The number of carbonyl (C=O) groups is 1. The Kier molecular flexibility index (Phi) is 5.99. The SMILES string of the molecule is O=C(CC(c1ccccc1)c1ccco1)NCCCc1cccnc1. The molecule has 3 rings (SSSR count). The van der Waals surface area contributed by atoms with Gasteiger partial charge in [0.05, 0.1) is 12.2 Å². The molecule has 1 amide bonds. The average Bonchev–Trinajstić information content (AvgIpc) is 3.19. The van der Waals surface area contributed by atoms with Crippen molar-refractivity contribution in [2.24, 2.45) is 0 Å². The Balaban J connectivity index is 1.52. The maximum Gasteiger partial charge on any atom is 0.221 e. The van der Waals surface area contributed by atoms with E-state index in [1.807, 2.05) is 54.7 Å². The predicted octanol–water partition coefficient (Wildman–Crippen LogP) is 3.95. The van der Waals surface area contributed by atoms with Gasteiger partial charge < -0.3 is 9.73 Å². The summed E-state index contributed by atoms with van der Waals surface area (Å²) in [4.78, 5) is 16.5. The van der Waals surface area contributed by atoms with E-state index >= 15 is 0 Å². The van der Waals surface area contributed by atoms with E-state index < -0.39 is 0 Å². The molecule has 0 spiro atoms. The van der Waals surface area contributed by atoms with E-state index in [-0.39, 0.29) is 11.8 Å². The van der Waals surface area contributed by atoms with Crippen molar-refractivity contribution in [1.29, 1.82) is 0 Å². The van der Waals surface area contributed by atoms with Gasteiger partial charge in [-0.05, 0) is 42.2 Å².